The number of aldehydes is 1. The molecule has 1 spiro atoms. The molecule has 3 aliphatic rings. The van der Waals surface area contributed by atoms with E-state index in [9.17, 15) is 19.2 Å². The molecular weight excluding hydrogens is 554 g/mol. The van der Waals surface area contributed by atoms with Crippen LogP contribution in [-0.2, 0) is 30.3 Å². The second kappa shape index (κ2) is 13.6. The molecule has 40 heavy (non-hydrogen) atoms. The molecule has 9 nitrogen and oxygen atoms in total. The highest BCUT2D eigenvalue weighted by Gasteiger charge is 2.45. The zero-order valence-corrected chi connectivity index (χ0v) is 24.8. The highest BCUT2D eigenvalue weighted by atomic mass is 35.5. The first kappa shape index (κ1) is 30.7. The number of benzene rings is 1. The zero-order chi connectivity index (χ0) is 28.8. The third-order valence-corrected chi connectivity index (χ3v) is 9.34. The zero-order valence-electron chi connectivity index (χ0n) is 23.2. The van der Waals surface area contributed by atoms with E-state index in [-0.39, 0.29) is 35.6 Å². The summed E-state index contributed by atoms with van der Waals surface area (Å²) in [6, 6.07) is 6.74. The molecule has 220 valence electrons. The van der Waals surface area contributed by atoms with E-state index < -0.39 is 23.0 Å². The van der Waals surface area contributed by atoms with Gasteiger partial charge in [-0.05, 0) is 86.9 Å². The summed E-state index contributed by atoms with van der Waals surface area (Å²) in [7, 11) is 0. The second-order valence-electron chi connectivity index (χ2n) is 11.8. The summed E-state index contributed by atoms with van der Waals surface area (Å²) >= 11 is 7.12. The van der Waals surface area contributed by atoms with Crippen LogP contribution in [0.4, 0.5) is 4.79 Å². The van der Waals surface area contributed by atoms with Crippen LogP contribution in [0.15, 0.2) is 24.3 Å². The standard InChI is InChI=1S/C29H40ClN3O6S/c1-19(2)13-24(40-33-27(37)39-29(7-4-8-29)16-20-5-3-6-22(30)14-20)26(36)31-23(18-34)15-21-17-28(32-25(21)35)9-11-38-12-10-28/h3,5-6,14,18-19,21,23-24H,4,7-13,15-17H2,1-2H3,(H,31,36)(H,32,35)(H,33,37)/t21?,23-,24-/m0/s1. The van der Waals surface area contributed by atoms with E-state index in [1.165, 1.54) is 0 Å². The summed E-state index contributed by atoms with van der Waals surface area (Å²) in [6.07, 6.45) is 6.03. The van der Waals surface area contributed by atoms with Crippen molar-refractivity contribution in [2.75, 3.05) is 13.2 Å². The third-order valence-electron chi connectivity index (χ3n) is 8.13. The van der Waals surface area contributed by atoms with Gasteiger partial charge in [-0.25, -0.2) is 4.79 Å². The second-order valence-corrected chi connectivity index (χ2v) is 13.3. The maximum Gasteiger partial charge on any atom is 0.417 e. The van der Waals surface area contributed by atoms with Crippen molar-refractivity contribution >= 4 is 47.7 Å². The molecule has 2 aliphatic heterocycles. The molecule has 1 aromatic rings. The molecule has 4 rings (SSSR count). The molecule has 0 radical (unpaired) electrons. The van der Waals surface area contributed by atoms with Gasteiger partial charge in [-0.1, -0.05) is 37.6 Å². The summed E-state index contributed by atoms with van der Waals surface area (Å²) in [6.45, 7) is 5.18. The Morgan fingerprint density at radius 3 is 2.62 bits per heavy atom. The molecule has 1 unspecified atom stereocenters. The first-order valence-electron chi connectivity index (χ1n) is 14.2. The van der Waals surface area contributed by atoms with Gasteiger partial charge in [-0.2, -0.15) is 0 Å². The highest BCUT2D eigenvalue weighted by molar-refractivity contribution is 7.99. The first-order valence-corrected chi connectivity index (χ1v) is 15.4. The van der Waals surface area contributed by atoms with E-state index in [0.29, 0.717) is 43.8 Å². The van der Waals surface area contributed by atoms with Crippen molar-refractivity contribution in [1.29, 1.82) is 0 Å². The fraction of sp³-hybridized carbons (Fsp3) is 0.655. The van der Waals surface area contributed by atoms with E-state index in [4.69, 9.17) is 21.1 Å². The van der Waals surface area contributed by atoms with Gasteiger partial charge in [0.15, 0.2) is 0 Å². The van der Waals surface area contributed by atoms with Crippen molar-refractivity contribution < 1.29 is 28.7 Å². The molecule has 11 heteroatoms. The lowest BCUT2D eigenvalue weighted by atomic mass is 9.76. The SMILES string of the molecule is CC(C)C[C@H](SNC(=O)OC1(Cc2cccc(Cl)c2)CCC1)C(=O)N[C@H](C=O)CC1CC2(CCOCC2)NC1=O. The predicted molar refractivity (Wildman–Crippen MR) is 154 cm³/mol. The largest absolute Gasteiger partial charge is 0.442 e. The number of nitrogens with one attached hydrogen (secondary N) is 3. The molecule has 3 amide bonds. The normalized spacial score (nSPS) is 22.6. The van der Waals surface area contributed by atoms with E-state index >= 15 is 0 Å². The van der Waals surface area contributed by atoms with Gasteiger partial charge in [0.05, 0.1) is 6.04 Å². The van der Waals surface area contributed by atoms with Gasteiger partial charge in [-0.3, -0.25) is 14.3 Å². The molecule has 3 atom stereocenters. The average molecular weight is 594 g/mol. The minimum Gasteiger partial charge on any atom is -0.442 e. The van der Waals surface area contributed by atoms with Gasteiger partial charge in [0.2, 0.25) is 11.8 Å². The Kier molecular flexibility index (Phi) is 10.4. The summed E-state index contributed by atoms with van der Waals surface area (Å²) in [5.74, 6) is -0.614. The maximum atomic E-state index is 13.2. The number of carbonyl (C=O) groups excluding carboxylic acids is 4. The smallest absolute Gasteiger partial charge is 0.417 e. The molecular formula is C29H40ClN3O6S. The van der Waals surface area contributed by atoms with Crippen LogP contribution in [0.3, 0.4) is 0 Å². The van der Waals surface area contributed by atoms with E-state index in [2.05, 4.69) is 15.4 Å². The molecule has 1 aliphatic carbocycles. The number of rotatable bonds is 12. The summed E-state index contributed by atoms with van der Waals surface area (Å²) in [5, 5.41) is 5.93. The molecule has 3 N–H and O–H groups in total. The monoisotopic (exact) mass is 593 g/mol. The van der Waals surface area contributed by atoms with Gasteiger partial charge in [-0.15, -0.1) is 0 Å². The maximum absolute atomic E-state index is 13.2. The Balaban J connectivity index is 1.30. The van der Waals surface area contributed by atoms with Gasteiger partial charge in [0.1, 0.15) is 17.1 Å². The van der Waals surface area contributed by atoms with Crippen molar-refractivity contribution in [2.24, 2.45) is 11.8 Å². The molecule has 1 saturated carbocycles. The Hall–Kier alpha value is -2.30. The van der Waals surface area contributed by atoms with Crippen molar-refractivity contribution in [3.8, 4) is 0 Å². The highest BCUT2D eigenvalue weighted by Crippen LogP contribution is 2.39. The van der Waals surface area contributed by atoms with E-state index in [1.54, 1.807) is 0 Å². The number of amides is 3. The van der Waals surface area contributed by atoms with Crippen LogP contribution < -0.4 is 15.4 Å². The average Bonchev–Trinajstić information content (AvgIpc) is 3.18. The van der Waals surface area contributed by atoms with Crippen LogP contribution in [0.25, 0.3) is 0 Å². The van der Waals surface area contributed by atoms with Crippen molar-refractivity contribution in [1.82, 2.24) is 15.4 Å². The Morgan fingerprint density at radius 1 is 1.25 bits per heavy atom. The molecule has 3 fully saturated rings. The van der Waals surface area contributed by atoms with Gasteiger partial charge in [0.25, 0.3) is 0 Å². The Labute approximate surface area is 245 Å². The Bertz CT molecular complexity index is 1080. The molecule has 1 aromatic carbocycles. The quantitative estimate of drug-likeness (QED) is 0.243. The topological polar surface area (TPSA) is 123 Å². The van der Waals surface area contributed by atoms with Gasteiger partial charge in [0, 0.05) is 36.1 Å². The predicted octanol–water partition coefficient (Wildman–Crippen LogP) is 4.35. The molecule has 0 bridgehead atoms. The van der Waals surface area contributed by atoms with Crippen LogP contribution in [0.2, 0.25) is 5.02 Å². The summed E-state index contributed by atoms with van der Waals surface area (Å²) < 4.78 is 14.0. The Morgan fingerprint density at radius 2 is 2.00 bits per heavy atom. The van der Waals surface area contributed by atoms with Crippen LogP contribution in [0.1, 0.15) is 70.8 Å². The van der Waals surface area contributed by atoms with Gasteiger partial charge >= 0.3 is 6.09 Å². The fourth-order valence-electron chi connectivity index (χ4n) is 5.87. The number of hydrogen-bond acceptors (Lipinski definition) is 7. The molecule has 2 saturated heterocycles. The molecule has 0 aromatic heterocycles. The first-order chi connectivity index (χ1) is 19.1. The minimum absolute atomic E-state index is 0.0804. The number of halogens is 1. The van der Waals surface area contributed by atoms with E-state index in [1.807, 2.05) is 38.1 Å². The minimum atomic E-state index is -0.795. The molecule has 2 heterocycles. The van der Waals surface area contributed by atoms with Crippen LogP contribution >= 0.6 is 23.5 Å². The lowest BCUT2D eigenvalue weighted by Gasteiger charge is -2.41. The third kappa shape index (κ3) is 8.13. The van der Waals surface area contributed by atoms with Crippen LogP contribution in [0.5, 0.6) is 0 Å². The number of ether oxygens (including phenoxy) is 2. The van der Waals surface area contributed by atoms with Crippen molar-refractivity contribution in [3.05, 3.63) is 34.9 Å². The number of hydrogen-bond donors (Lipinski definition) is 3. The van der Waals surface area contributed by atoms with Crippen LogP contribution in [0, 0.1) is 11.8 Å². The lowest BCUT2D eigenvalue weighted by molar-refractivity contribution is -0.126. The van der Waals surface area contributed by atoms with E-state index in [0.717, 1.165) is 49.6 Å². The summed E-state index contributed by atoms with van der Waals surface area (Å²) in [5.41, 5.74) is 0.142. The van der Waals surface area contributed by atoms with Crippen molar-refractivity contribution in [2.45, 2.75) is 94.1 Å². The van der Waals surface area contributed by atoms with Crippen molar-refractivity contribution in [3.63, 3.8) is 0 Å². The van der Waals surface area contributed by atoms with Crippen LogP contribution in [-0.4, -0.2) is 59.8 Å². The lowest BCUT2D eigenvalue weighted by Crippen LogP contribution is -2.47. The fourth-order valence-corrected chi connectivity index (χ4v) is 7.02. The van der Waals surface area contributed by atoms with Gasteiger partial charge < -0.3 is 24.9 Å². The summed E-state index contributed by atoms with van der Waals surface area (Å²) in [4.78, 5) is 50.6. The number of carbonyl (C=O) groups is 4.